The van der Waals surface area contributed by atoms with Crippen LogP contribution in [-0.4, -0.2) is 41.4 Å². The Morgan fingerprint density at radius 2 is 2.25 bits per heavy atom. The van der Waals surface area contributed by atoms with E-state index < -0.39 is 9.84 Å². The second-order valence-corrected chi connectivity index (χ2v) is 8.02. The van der Waals surface area contributed by atoms with Gasteiger partial charge in [0.25, 0.3) is 0 Å². The molecule has 0 aliphatic carbocycles. The van der Waals surface area contributed by atoms with Crippen LogP contribution in [0.5, 0.6) is 0 Å². The number of sulfone groups is 1. The minimum Gasteiger partial charge on any atom is -0.351 e. The van der Waals surface area contributed by atoms with Crippen molar-refractivity contribution in [2.24, 2.45) is 5.92 Å². The van der Waals surface area contributed by atoms with Gasteiger partial charge < -0.3 is 9.88 Å². The van der Waals surface area contributed by atoms with Gasteiger partial charge in [-0.05, 0) is 19.8 Å². The largest absolute Gasteiger partial charge is 0.351 e. The number of aromatic nitrogens is 2. The number of hydrogen-bond donors (Lipinski definition) is 1. The molecule has 0 saturated carbocycles. The summed E-state index contributed by atoms with van der Waals surface area (Å²) in [4.78, 5) is 16.6. The lowest BCUT2D eigenvalue weighted by Crippen LogP contribution is -2.43. The molecule has 0 radical (unpaired) electrons. The van der Waals surface area contributed by atoms with Crippen LogP contribution in [0.4, 0.5) is 0 Å². The number of aryl methyl sites for hydroxylation is 2. The fourth-order valence-corrected chi connectivity index (χ4v) is 4.77. The highest BCUT2D eigenvalue weighted by molar-refractivity contribution is 7.91. The Labute approximate surface area is 118 Å². The van der Waals surface area contributed by atoms with Gasteiger partial charge >= 0.3 is 0 Å². The lowest BCUT2D eigenvalue weighted by Gasteiger charge is -2.25. The molecule has 2 aliphatic rings. The van der Waals surface area contributed by atoms with Crippen LogP contribution < -0.4 is 5.32 Å². The predicted octanol–water partition coefficient (Wildman–Crippen LogP) is 0.0572. The van der Waals surface area contributed by atoms with Gasteiger partial charge in [0.2, 0.25) is 5.91 Å². The average Bonchev–Trinajstić information content (AvgIpc) is 2.90. The summed E-state index contributed by atoms with van der Waals surface area (Å²) >= 11 is 0. The first-order valence-electron chi connectivity index (χ1n) is 6.96. The monoisotopic (exact) mass is 297 g/mol. The topological polar surface area (TPSA) is 81.1 Å². The fraction of sp³-hybridized carbons (Fsp3) is 0.692. The number of carbonyl (C=O) groups excluding carboxylic acids is 1. The second-order valence-electron chi connectivity index (χ2n) is 5.80. The van der Waals surface area contributed by atoms with Gasteiger partial charge in [0, 0.05) is 25.2 Å². The lowest BCUT2D eigenvalue weighted by molar-refractivity contribution is -0.125. The van der Waals surface area contributed by atoms with Crippen LogP contribution in [0.1, 0.15) is 24.4 Å². The van der Waals surface area contributed by atoms with Gasteiger partial charge in [-0.15, -0.1) is 0 Å². The summed E-state index contributed by atoms with van der Waals surface area (Å²) < 4.78 is 24.9. The zero-order valence-corrected chi connectivity index (χ0v) is 12.3. The number of imidazole rings is 1. The Morgan fingerprint density at radius 1 is 1.45 bits per heavy atom. The molecule has 110 valence electrons. The summed E-state index contributed by atoms with van der Waals surface area (Å²) in [5.74, 6) is 0.723. The van der Waals surface area contributed by atoms with Crippen molar-refractivity contribution in [1.82, 2.24) is 14.9 Å². The van der Waals surface area contributed by atoms with Crippen LogP contribution in [0.25, 0.3) is 0 Å². The smallest absolute Gasteiger partial charge is 0.224 e. The first-order chi connectivity index (χ1) is 9.43. The van der Waals surface area contributed by atoms with Crippen molar-refractivity contribution >= 4 is 15.7 Å². The van der Waals surface area contributed by atoms with E-state index in [2.05, 4.69) is 14.9 Å². The minimum absolute atomic E-state index is 0.000979. The number of nitrogens with one attached hydrogen (secondary N) is 1. The van der Waals surface area contributed by atoms with Crippen LogP contribution in [0, 0.1) is 12.8 Å². The average molecular weight is 297 g/mol. The first kappa shape index (κ1) is 13.6. The van der Waals surface area contributed by atoms with E-state index >= 15 is 0 Å². The number of fused-ring (bicyclic) bond motifs is 1. The van der Waals surface area contributed by atoms with Gasteiger partial charge in [0.1, 0.15) is 5.82 Å². The summed E-state index contributed by atoms with van der Waals surface area (Å²) in [6.45, 7) is 2.68. The fourth-order valence-electron chi connectivity index (χ4n) is 3.02. The van der Waals surface area contributed by atoms with Gasteiger partial charge in [-0.2, -0.15) is 0 Å². The van der Waals surface area contributed by atoms with E-state index in [1.165, 1.54) is 0 Å². The molecule has 1 amide bonds. The van der Waals surface area contributed by atoms with Gasteiger partial charge in [-0.1, -0.05) is 0 Å². The Kier molecular flexibility index (Phi) is 3.32. The molecule has 1 N–H and O–H groups in total. The normalized spacial score (nSPS) is 28.1. The van der Waals surface area contributed by atoms with Crippen molar-refractivity contribution in [2.75, 3.05) is 11.5 Å². The van der Waals surface area contributed by atoms with E-state index in [4.69, 9.17) is 0 Å². The van der Waals surface area contributed by atoms with Crippen molar-refractivity contribution in [3.8, 4) is 0 Å². The van der Waals surface area contributed by atoms with Crippen molar-refractivity contribution in [3.05, 3.63) is 17.7 Å². The molecular weight excluding hydrogens is 278 g/mol. The molecule has 7 heteroatoms. The van der Waals surface area contributed by atoms with Crippen molar-refractivity contribution < 1.29 is 13.2 Å². The van der Waals surface area contributed by atoms with Gasteiger partial charge in [-0.25, -0.2) is 13.4 Å². The molecule has 2 atom stereocenters. The third-order valence-electron chi connectivity index (χ3n) is 4.06. The molecule has 3 rings (SSSR count). The number of carbonyl (C=O) groups is 1. The Hall–Kier alpha value is -1.37. The third kappa shape index (κ3) is 2.72. The Balaban J connectivity index is 1.61. The van der Waals surface area contributed by atoms with E-state index in [9.17, 15) is 13.2 Å². The SMILES string of the molecule is Cc1cn2c(n1)CC[C@@H](NC(=O)[C@H]1CCS(=O)(=O)C1)C2. The molecule has 2 aliphatic heterocycles. The van der Waals surface area contributed by atoms with Crippen LogP contribution >= 0.6 is 0 Å². The number of nitrogens with zero attached hydrogens (tertiary/aromatic N) is 2. The molecule has 1 aromatic heterocycles. The second kappa shape index (κ2) is 4.87. The summed E-state index contributed by atoms with van der Waals surface area (Å²) in [6, 6.07) is 0.0758. The molecule has 0 aromatic carbocycles. The molecular formula is C13H19N3O3S. The number of amides is 1. The highest BCUT2D eigenvalue weighted by Gasteiger charge is 2.34. The molecule has 1 aromatic rings. The third-order valence-corrected chi connectivity index (χ3v) is 5.83. The van der Waals surface area contributed by atoms with Crippen molar-refractivity contribution in [1.29, 1.82) is 0 Å². The van der Waals surface area contributed by atoms with E-state index in [1.54, 1.807) is 0 Å². The molecule has 20 heavy (non-hydrogen) atoms. The number of rotatable bonds is 2. The van der Waals surface area contributed by atoms with Crippen LogP contribution in [-0.2, 0) is 27.6 Å². The van der Waals surface area contributed by atoms with Crippen LogP contribution in [0.15, 0.2) is 6.20 Å². The first-order valence-corrected chi connectivity index (χ1v) is 8.78. The Morgan fingerprint density at radius 3 is 2.95 bits per heavy atom. The highest BCUT2D eigenvalue weighted by atomic mass is 32.2. The summed E-state index contributed by atoms with van der Waals surface area (Å²) in [5.41, 5.74) is 0.994. The van der Waals surface area contributed by atoms with Crippen LogP contribution in [0.2, 0.25) is 0 Å². The van der Waals surface area contributed by atoms with Gasteiger partial charge in [0.05, 0.1) is 23.1 Å². The molecule has 3 heterocycles. The zero-order valence-electron chi connectivity index (χ0n) is 11.5. The molecule has 1 saturated heterocycles. The maximum absolute atomic E-state index is 12.1. The maximum atomic E-state index is 12.1. The summed E-state index contributed by atoms with van der Waals surface area (Å²) in [5, 5.41) is 3.00. The minimum atomic E-state index is -3.00. The Bertz CT molecular complexity index is 635. The maximum Gasteiger partial charge on any atom is 0.224 e. The highest BCUT2D eigenvalue weighted by Crippen LogP contribution is 2.20. The van der Waals surface area contributed by atoms with E-state index in [0.717, 1.165) is 30.9 Å². The molecule has 6 nitrogen and oxygen atoms in total. The molecule has 1 fully saturated rings. The number of hydrogen-bond acceptors (Lipinski definition) is 4. The lowest BCUT2D eigenvalue weighted by atomic mass is 10.0. The summed E-state index contributed by atoms with van der Waals surface area (Å²) in [6.07, 6.45) is 4.16. The van der Waals surface area contributed by atoms with Crippen molar-refractivity contribution in [3.63, 3.8) is 0 Å². The van der Waals surface area contributed by atoms with E-state index in [-0.39, 0.29) is 29.4 Å². The molecule has 0 unspecified atom stereocenters. The summed E-state index contributed by atoms with van der Waals surface area (Å²) in [7, 11) is -3.00. The van der Waals surface area contributed by atoms with E-state index in [1.807, 2.05) is 13.1 Å². The van der Waals surface area contributed by atoms with E-state index in [0.29, 0.717) is 6.42 Å². The van der Waals surface area contributed by atoms with Gasteiger partial charge in [0.15, 0.2) is 9.84 Å². The van der Waals surface area contributed by atoms with Crippen molar-refractivity contribution in [2.45, 2.75) is 38.8 Å². The molecule has 0 bridgehead atoms. The predicted molar refractivity (Wildman–Crippen MR) is 74.0 cm³/mol. The van der Waals surface area contributed by atoms with Crippen LogP contribution in [0.3, 0.4) is 0 Å². The zero-order chi connectivity index (χ0) is 14.3. The molecule has 0 spiro atoms. The standard InChI is InChI=1S/C13H19N3O3S/c1-9-6-16-7-11(2-3-12(16)14-9)15-13(17)10-4-5-20(18,19)8-10/h6,10-11H,2-5,7-8H2,1H3,(H,15,17)/t10-,11+/m0/s1. The quantitative estimate of drug-likeness (QED) is 0.837. The van der Waals surface area contributed by atoms with Gasteiger partial charge in [-0.3, -0.25) is 4.79 Å².